The van der Waals surface area contributed by atoms with Crippen molar-refractivity contribution in [2.45, 2.75) is 363 Å². The van der Waals surface area contributed by atoms with Gasteiger partial charge in [0.15, 0.2) is 12.2 Å². The molecule has 19 heteroatoms. The summed E-state index contributed by atoms with van der Waals surface area (Å²) in [6, 6.07) is 0. The molecule has 0 heterocycles. The summed E-state index contributed by atoms with van der Waals surface area (Å²) in [5.41, 5.74) is 0. The molecule has 0 spiro atoms. The molecule has 0 fully saturated rings. The van der Waals surface area contributed by atoms with Crippen LogP contribution in [0, 0.1) is 23.7 Å². The number of hydrogen-bond acceptors (Lipinski definition) is 15. The Labute approximate surface area is 543 Å². The zero-order chi connectivity index (χ0) is 66.1. The second kappa shape index (κ2) is 59.8. The van der Waals surface area contributed by atoms with Gasteiger partial charge in [0, 0.05) is 25.7 Å². The van der Waals surface area contributed by atoms with Crippen LogP contribution in [0.2, 0.25) is 0 Å². The maximum atomic E-state index is 13.0. The van der Waals surface area contributed by atoms with E-state index in [9.17, 15) is 43.2 Å². The average Bonchev–Trinajstić information content (AvgIpc) is 3.71. The lowest BCUT2D eigenvalue weighted by atomic mass is 9.99. The summed E-state index contributed by atoms with van der Waals surface area (Å²) in [5, 5.41) is 10.6. The monoisotopic (exact) mass is 1310 g/mol. The summed E-state index contributed by atoms with van der Waals surface area (Å²) in [6.07, 6.45) is 41.7. The van der Waals surface area contributed by atoms with Crippen molar-refractivity contribution < 1.29 is 80.2 Å². The number of carbonyl (C=O) groups is 4. The second-order valence-corrected chi connectivity index (χ2v) is 29.4. The Morgan fingerprint density at radius 1 is 0.315 bits per heavy atom. The Hall–Kier alpha value is -1.94. The average molecular weight is 1310 g/mol. The molecule has 0 amide bonds. The van der Waals surface area contributed by atoms with E-state index >= 15 is 0 Å². The van der Waals surface area contributed by atoms with E-state index in [1.165, 1.54) is 141 Å². The first-order valence-corrected chi connectivity index (χ1v) is 39.3. The first-order chi connectivity index (χ1) is 42.7. The number of phosphoric ester groups is 2. The van der Waals surface area contributed by atoms with E-state index in [0.717, 1.165) is 120 Å². The van der Waals surface area contributed by atoms with Crippen LogP contribution in [0.5, 0.6) is 0 Å². The molecular weight excluding hydrogens is 1170 g/mol. The summed E-state index contributed by atoms with van der Waals surface area (Å²) in [7, 11) is -9.90. The Balaban J connectivity index is 5.22. The quantitative estimate of drug-likeness (QED) is 0.0222. The van der Waals surface area contributed by atoms with Crippen molar-refractivity contribution in [3.8, 4) is 0 Å². The molecule has 0 aliphatic carbocycles. The molecule has 0 radical (unpaired) electrons. The Morgan fingerprint density at radius 2 is 0.539 bits per heavy atom. The molecule has 5 unspecified atom stereocenters. The molecule has 17 nitrogen and oxygen atoms in total. The van der Waals surface area contributed by atoms with Crippen molar-refractivity contribution in [2.24, 2.45) is 23.7 Å². The van der Waals surface area contributed by atoms with Crippen molar-refractivity contribution >= 4 is 39.5 Å². The van der Waals surface area contributed by atoms with Gasteiger partial charge in [-0.15, -0.1) is 0 Å². The third-order valence-corrected chi connectivity index (χ3v) is 19.1. The number of aliphatic hydroxyl groups excluding tert-OH is 1. The number of carbonyl (C=O) groups excluding carboxylic acids is 4. The molecule has 0 aliphatic rings. The van der Waals surface area contributed by atoms with E-state index in [1.54, 1.807) is 0 Å². The molecular formula is C70H136O17P2. The molecule has 0 bridgehead atoms. The van der Waals surface area contributed by atoms with Gasteiger partial charge >= 0.3 is 39.5 Å². The molecule has 0 aromatic carbocycles. The smallest absolute Gasteiger partial charge is 0.462 e. The maximum Gasteiger partial charge on any atom is 0.472 e. The highest BCUT2D eigenvalue weighted by Crippen LogP contribution is 2.45. The SMILES string of the molecule is CCC(C)CCCCCCCCCCC(=O)O[C@H](COC(=O)CCCCCCCCC(C)CC)COP(=O)(O)OC[C@H](O)COP(=O)(O)OC[C@@H](COC(=O)CCCCCCCCCCCCCCCCC(C)C)OC(=O)CCCCCCCCC(C)CC. The van der Waals surface area contributed by atoms with Crippen LogP contribution in [0.25, 0.3) is 0 Å². The topological polar surface area (TPSA) is 237 Å². The molecule has 0 aromatic rings. The first kappa shape index (κ1) is 87.1. The third-order valence-electron chi connectivity index (χ3n) is 17.2. The molecule has 8 atom stereocenters. The van der Waals surface area contributed by atoms with Crippen LogP contribution in [-0.4, -0.2) is 96.7 Å². The van der Waals surface area contributed by atoms with Gasteiger partial charge in [-0.2, -0.15) is 0 Å². The number of unbranched alkanes of at least 4 members (excludes halogenated alkanes) is 30. The molecule has 0 aliphatic heterocycles. The number of rotatable bonds is 67. The Kier molecular flexibility index (Phi) is 58.5. The number of esters is 4. The molecule has 0 saturated carbocycles. The number of aliphatic hydroxyl groups is 1. The minimum absolute atomic E-state index is 0.103. The summed E-state index contributed by atoms with van der Waals surface area (Å²) in [4.78, 5) is 72.5. The minimum Gasteiger partial charge on any atom is -0.462 e. The van der Waals surface area contributed by atoms with E-state index < -0.39 is 97.5 Å². The van der Waals surface area contributed by atoms with Crippen LogP contribution in [-0.2, 0) is 65.4 Å². The zero-order valence-corrected chi connectivity index (χ0v) is 59.8. The summed E-state index contributed by atoms with van der Waals surface area (Å²) < 4.78 is 68.2. The van der Waals surface area contributed by atoms with Gasteiger partial charge in [0.1, 0.15) is 19.3 Å². The van der Waals surface area contributed by atoms with Crippen molar-refractivity contribution in [3.05, 3.63) is 0 Å². The lowest BCUT2D eigenvalue weighted by molar-refractivity contribution is -0.161. The van der Waals surface area contributed by atoms with Gasteiger partial charge in [-0.3, -0.25) is 37.3 Å². The van der Waals surface area contributed by atoms with Gasteiger partial charge in [-0.1, -0.05) is 293 Å². The summed E-state index contributed by atoms with van der Waals surface area (Å²) >= 11 is 0. The van der Waals surface area contributed by atoms with Crippen LogP contribution < -0.4 is 0 Å². The standard InChI is InChI=1S/C70H136O17P2/c1-9-61(6)47-39-31-23-20-21-25-36-44-52-69(74)86-65(57-81-68(73)51-43-35-28-26-32-40-48-62(7)10-2)58-84-88(76,77)82-54-64(71)55-83-89(78,79)85-59-66(87-70(75)53-45-37-29-27-33-41-49-63(8)11-3)56-80-67(72)50-42-34-24-19-17-15-13-12-14-16-18-22-30-38-46-60(4)5/h60-66,71H,9-59H2,1-8H3,(H,76,77)(H,78,79)/t61?,62?,63?,64-,65+,66+/m0/s1. The summed E-state index contributed by atoms with van der Waals surface area (Å²) in [6.45, 7) is 14.1. The Bertz CT molecular complexity index is 1770. The highest BCUT2D eigenvalue weighted by molar-refractivity contribution is 7.47. The first-order valence-electron chi connectivity index (χ1n) is 36.3. The van der Waals surface area contributed by atoms with Crippen molar-refractivity contribution in [2.75, 3.05) is 39.6 Å². The fourth-order valence-corrected chi connectivity index (χ4v) is 12.0. The molecule has 0 saturated heterocycles. The van der Waals surface area contributed by atoms with Gasteiger partial charge in [-0.25, -0.2) is 9.13 Å². The van der Waals surface area contributed by atoms with Crippen LogP contribution in [0.1, 0.15) is 344 Å². The maximum absolute atomic E-state index is 13.0. The van der Waals surface area contributed by atoms with Crippen LogP contribution in [0.15, 0.2) is 0 Å². The number of hydrogen-bond donors (Lipinski definition) is 3. The van der Waals surface area contributed by atoms with Crippen molar-refractivity contribution in [1.29, 1.82) is 0 Å². The highest BCUT2D eigenvalue weighted by Gasteiger charge is 2.30. The van der Waals surface area contributed by atoms with Crippen molar-refractivity contribution in [1.82, 2.24) is 0 Å². The molecule has 0 rings (SSSR count). The molecule has 528 valence electrons. The van der Waals surface area contributed by atoms with E-state index in [-0.39, 0.29) is 25.7 Å². The number of phosphoric acid groups is 2. The van der Waals surface area contributed by atoms with Crippen LogP contribution in [0.4, 0.5) is 0 Å². The highest BCUT2D eigenvalue weighted by atomic mass is 31.2. The van der Waals surface area contributed by atoms with Gasteiger partial charge < -0.3 is 33.8 Å². The summed E-state index contributed by atoms with van der Waals surface area (Å²) in [5.74, 6) is 0.885. The lowest BCUT2D eigenvalue weighted by Gasteiger charge is -2.21. The fourth-order valence-electron chi connectivity index (χ4n) is 10.4. The predicted molar refractivity (Wildman–Crippen MR) is 358 cm³/mol. The third kappa shape index (κ3) is 60.7. The van der Waals surface area contributed by atoms with E-state index in [2.05, 4.69) is 55.4 Å². The zero-order valence-electron chi connectivity index (χ0n) is 58.1. The van der Waals surface area contributed by atoms with Crippen molar-refractivity contribution in [3.63, 3.8) is 0 Å². The van der Waals surface area contributed by atoms with Gasteiger partial charge in [0.25, 0.3) is 0 Å². The van der Waals surface area contributed by atoms with Crippen LogP contribution >= 0.6 is 15.6 Å². The van der Waals surface area contributed by atoms with Gasteiger partial charge in [0.05, 0.1) is 26.4 Å². The van der Waals surface area contributed by atoms with E-state index in [1.807, 2.05) is 0 Å². The van der Waals surface area contributed by atoms with E-state index in [0.29, 0.717) is 25.7 Å². The minimum atomic E-state index is -4.95. The molecule has 0 aromatic heterocycles. The fraction of sp³-hybridized carbons (Fsp3) is 0.943. The predicted octanol–water partition coefficient (Wildman–Crippen LogP) is 19.7. The lowest BCUT2D eigenvalue weighted by Crippen LogP contribution is -2.30. The molecule has 3 N–H and O–H groups in total. The van der Waals surface area contributed by atoms with Gasteiger partial charge in [0.2, 0.25) is 0 Å². The van der Waals surface area contributed by atoms with Gasteiger partial charge in [-0.05, 0) is 49.4 Å². The number of ether oxygens (including phenoxy) is 4. The van der Waals surface area contributed by atoms with Crippen LogP contribution in [0.3, 0.4) is 0 Å². The molecule has 89 heavy (non-hydrogen) atoms. The Morgan fingerprint density at radius 3 is 0.798 bits per heavy atom. The normalized spacial score (nSPS) is 15.2. The second-order valence-electron chi connectivity index (χ2n) is 26.5. The largest absolute Gasteiger partial charge is 0.472 e. The van der Waals surface area contributed by atoms with E-state index in [4.69, 9.17) is 37.0 Å².